The van der Waals surface area contributed by atoms with E-state index in [0.717, 1.165) is 4.31 Å². The van der Waals surface area contributed by atoms with E-state index in [0.29, 0.717) is 5.69 Å². The first-order chi connectivity index (χ1) is 9.17. The summed E-state index contributed by atoms with van der Waals surface area (Å²) in [5.74, 6) is -0.881. The average molecular weight is 302 g/mol. The molecule has 0 aromatic heterocycles. The second-order valence-electron chi connectivity index (χ2n) is 4.30. The van der Waals surface area contributed by atoms with E-state index in [9.17, 15) is 18.3 Å². The highest BCUT2D eigenvalue weighted by Gasteiger charge is 2.22. The van der Waals surface area contributed by atoms with E-state index in [1.54, 1.807) is 0 Å². The van der Waals surface area contributed by atoms with E-state index in [4.69, 9.17) is 11.5 Å². The fourth-order valence-electron chi connectivity index (χ4n) is 1.43. The van der Waals surface area contributed by atoms with Gasteiger partial charge in [-0.1, -0.05) is 6.07 Å². The van der Waals surface area contributed by atoms with Gasteiger partial charge < -0.3 is 21.9 Å². The van der Waals surface area contributed by atoms with E-state index in [-0.39, 0.29) is 17.1 Å². The van der Waals surface area contributed by atoms with Gasteiger partial charge in [-0.25, -0.2) is 12.7 Å². The van der Waals surface area contributed by atoms with Gasteiger partial charge in [0.05, 0.1) is 11.4 Å². The predicted molar refractivity (Wildman–Crippen MR) is 75.4 cm³/mol. The van der Waals surface area contributed by atoms with Crippen molar-refractivity contribution in [1.29, 1.82) is 0 Å². The standard InChI is InChI=1S/C11H18N4O4S/c1-15(2)20(18,19)9-5-3-4-7(10(9)12)14-6-8(16)11(13)17/h3-5,8,14,16H,6,12H2,1-2H3,(H2,13,17). The van der Waals surface area contributed by atoms with Crippen LogP contribution in [0.5, 0.6) is 0 Å². The smallest absolute Gasteiger partial charge is 0.248 e. The van der Waals surface area contributed by atoms with Crippen LogP contribution in [-0.2, 0) is 14.8 Å². The molecule has 0 saturated carbocycles. The Bertz CT molecular complexity index is 600. The number of carbonyl (C=O) groups excluding carboxylic acids is 1. The Morgan fingerprint density at radius 3 is 2.55 bits per heavy atom. The lowest BCUT2D eigenvalue weighted by atomic mass is 10.2. The summed E-state index contributed by atoms with van der Waals surface area (Å²) in [5.41, 5.74) is 11.0. The van der Waals surface area contributed by atoms with Gasteiger partial charge in [0.2, 0.25) is 15.9 Å². The number of aliphatic hydroxyl groups is 1. The molecule has 1 aromatic rings. The van der Waals surface area contributed by atoms with Gasteiger partial charge in [-0.3, -0.25) is 4.79 Å². The molecule has 6 N–H and O–H groups in total. The molecule has 9 heteroatoms. The molecule has 0 saturated heterocycles. The summed E-state index contributed by atoms with van der Waals surface area (Å²) in [6.45, 7) is -0.162. The van der Waals surface area contributed by atoms with Crippen LogP contribution in [0, 0.1) is 0 Å². The van der Waals surface area contributed by atoms with Crippen LogP contribution in [0.15, 0.2) is 23.1 Å². The summed E-state index contributed by atoms with van der Waals surface area (Å²) in [4.78, 5) is 10.7. The number of nitrogens with zero attached hydrogens (tertiary/aromatic N) is 1. The monoisotopic (exact) mass is 302 g/mol. The van der Waals surface area contributed by atoms with E-state index >= 15 is 0 Å². The van der Waals surface area contributed by atoms with Gasteiger partial charge in [0.1, 0.15) is 11.0 Å². The number of sulfonamides is 1. The second kappa shape index (κ2) is 6.07. The van der Waals surface area contributed by atoms with Crippen molar-refractivity contribution in [3.05, 3.63) is 18.2 Å². The predicted octanol–water partition coefficient (Wildman–Crippen LogP) is -1.22. The van der Waals surface area contributed by atoms with E-state index in [2.05, 4.69) is 5.32 Å². The van der Waals surface area contributed by atoms with E-state index in [1.807, 2.05) is 0 Å². The molecule has 0 spiro atoms. The van der Waals surface area contributed by atoms with Crippen LogP contribution >= 0.6 is 0 Å². The van der Waals surface area contributed by atoms with Crippen LogP contribution in [0.2, 0.25) is 0 Å². The lowest BCUT2D eigenvalue weighted by Crippen LogP contribution is -2.34. The highest BCUT2D eigenvalue weighted by atomic mass is 32.2. The second-order valence-corrected chi connectivity index (χ2v) is 6.42. The van der Waals surface area contributed by atoms with Gasteiger partial charge in [-0.15, -0.1) is 0 Å². The quantitative estimate of drug-likeness (QED) is 0.486. The molecule has 0 aliphatic rings. The molecule has 0 aliphatic heterocycles. The fraction of sp³-hybridized carbons (Fsp3) is 0.364. The molecule has 0 heterocycles. The van der Waals surface area contributed by atoms with Crippen LogP contribution in [0.3, 0.4) is 0 Å². The van der Waals surface area contributed by atoms with Crippen molar-refractivity contribution in [3.8, 4) is 0 Å². The van der Waals surface area contributed by atoms with Crippen molar-refractivity contribution < 1.29 is 18.3 Å². The van der Waals surface area contributed by atoms with Gasteiger partial charge in [0.15, 0.2) is 0 Å². The molecule has 8 nitrogen and oxygen atoms in total. The number of benzene rings is 1. The Balaban J connectivity index is 3.06. The fourth-order valence-corrected chi connectivity index (χ4v) is 2.46. The molecule has 1 aromatic carbocycles. The lowest BCUT2D eigenvalue weighted by Gasteiger charge is -2.17. The third-order valence-corrected chi connectivity index (χ3v) is 4.51. The van der Waals surface area contributed by atoms with Crippen LogP contribution < -0.4 is 16.8 Å². The largest absolute Gasteiger partial charge is 0.396 e. The summed E-state index contributed by atoms with van der Waals surface area (Å²) in [5, 5.41) is 12.0. The first-order valence-corrected chi connectivity index (χ1v) is 7.14. The Morgan fingerprint density at radius 2 is 2.05 bits per heavy atom. The van der Waals surface area contributed by atoms with Gasteiger partial charge in [-0.05, 0) is 12.1 Å². The summed E-state index contributed by atoms with van der Waals surface area (Å²) in [6.07, 6.45) is -1.39. The Kier molecular flexibility index (Phi) is 4.93. The molecule has 0 radical (unpaired) electrons. The van der Waals surface area contributed by atoms with Crippen molar-refractivity contribution in [2.24, 2.45) is 5.73 Å². The zero-order valence-corrected chi connectivity index (χ0v) is 12.0. The highest BCUT2D eigenvalue weighted by Crippen LogP contribution is 2.28. The molecule has 112 valence electrons. The maximum atomic E-state index is 12.0. The Hall–Kier alpha value is -1.84. The first-order valence-electron chi connectivity index (χ1n) is 5.70. The van der Waals surface area contributed by atoms with Crippen molar-refractivity contribution >= 4 is 27.3 Å². The number of primary amides is 1. The lowest BCUT2D eigenvalue weighted by molar-refractivity contribution is -0.125. The number of anilines is 2. The van der Waals surface area contributed by atoms with Crippen molar-refractivity contribution in [1.82, 2.24) is 4.31 Å². The normalized spacial score (nSPS) is 13.2. The molecule has 0 fully saturated rings. The number of nitrogens with two attached hydrogens (primary N) is 2. The third-order valence-electron chi connectivity index (χ3n) is 2.64. The first kappa shape index (κ1) is 16.2. The molecule has 0 aliphatic carbocycles. The van der Waals surface area contributed by atoms with Gasteiger partial charge >= 0.3 is 0 Å². The summed E-state index contributed by atoms with van der Waals surface area (Å²) in [7, 11) is -0.882. The molecule has 1 amide bonds. The van der Waals surface area contributed by atoms with Gasteiger partial charge in [-0.2, -0.15) is 0 Å². The topological polar surface area (TPSA) is 139 Å². The SMILES string of the molecule is CN(C)S(=O)(=O)c1cccc(NCC(O)C(N)=O)c1N. The summed E-state index contributed by atoms with van der Waals surface area (Å²) >= 11 is 0. The molecule has 1 atom stereocenters. The van der Waals surface area contributed by atoms with Crippen LogP contribution in [0.4, 0.5) is 11.4 Å². The zero-order valence-electron chi connectivity index (χ0n) is 11.2. The molecule has 1 unspecified atom stereocenters. The third kappa shape index (κ3) is 3.38. The molecular weight excluding hydrogens is 284 g/mol. The van der Waals surface area contributed by atoms with Crippen molar-refractivity contribution in [2.75, 3.05) is 31.7 Å². The number of carbonyl (C=O) groups is 1. The van der Waals surface area contributed by atoms with Crippen LogP contribution in [-0.4, -0.2) is 50.5 Å². The maximum Gasteiger partial charge on any atom is 0.248 e. The number of para-hydroxylation sites is 1. The minimum absolute atomic E-state index is 0.0119. The van der Waals surface area contributed by atoms with Gasteiger partial charge in [0, 0.05) is 20.6 Å². The number of hydrogen-bond donors (Lipinski definition) is 4. The van der Waals surface area contributed by atoms with Crippen LogP contribution in [0.1, 0.15) is 0 Å². The van der Waals surface area contributed by atoms with Crippen molar-refractivity contribution in [3.63, 3.8) is 0 Å². The Labute approximate surface area is 117 Å². The molecule has 0 bridgehead atoms. The van der Waals surface area contributed by atoms with Crippen molar-refractivity contribution in [2.45, 2.75) is 11.0 Å². The maximum absolute atomic E-state index is 12.0. The molecular formula is C11H18N4O4S. The number of rotatable bonds is 6. The van der Waals surface area contributed by atoms with Crippen LogP contribution in [0.25, 0.3) is 0 Å². The average Bonchev–Trinajstić information content (AvgIpc) is 2.36. The Morgan fingerprint density at radius 1 is 1.45 bits per heavy atom. The summed E-state index contributed by atoms with van der Waals surface area (Å²) < 4.78 is 25.1. The minimum atomic E-state index is -3.67. The number of nitrogen functional groups attached to an aromatic ring is 1. The molecule has 1 rings (SSSR count). The highest BCUT2D eigenvalue weighted by molar-refractivity contribution is 7.89. The number of amides is 1. The number of hydrogen-bond acceptors (Lipinski definition) is 6. The van der Waals surface area contributed by atoms with E-state index < -0.39 is 22.0 Å². The minimum Gasteiger partial charge on any atom is -0.396 e. The number of nitrogens with one attached hydrogen (secondary N) is 1. The number of aliphatic hydroxyl groups excluding tert-OH is 1. The van der Waals surface area contributed by atoms with Gasteiger partial charge in [0.25, 0.3) is 0 Å². The summed E-state index contributed by atoms with van der Waals surface area (Å²) in [6, 6.07) is 4.42. The van der Waals surface area contributed by atoms with E-state index in [1.165, 1.54) is 32.3 Å². The zero-order chi connectivity index (χ0) is 15.5. The molecule has 20 heavy (non-hydrogen) atoms.